The summed E-state index contributed by atoms with van der Waals surface area (Å²) in [5.74, 6) is 0. The Balaban J connectivity index is -0.00000000970. The van der Waals surface area contributed by atoms with E-state index in [9.17, 15) is 0 Å². The first-order chi connectivity index (χ1) is 4.00. The van der Waals surface area contributed by atoms with E-state index in [-0.39, 0.29) is 92.3 Å². The molecule has 0 rings (SSSR count). The van der Waals surface area contributed by atoms with Gasteiger partial charge in [-0.05, 0) is 0 Å². The van der Waals surface area contributed by atoms with Gasteiger partial charge < -0.3 is 5.71 Å². The van der Waals surface area contributed by atoms with Crippen LogP contribution in [0.15, 0.2) is 0 Å². The van der Waals surface area contributed by atoms with Crippen molar-refractivity contribution in [2.45, 2.75) is 0 Å². The Labute approximate surface area is 145 Å². The molecule has 0 radical (unpaired) electrons. The van der Waals surface area contributed by atoms with Gasteiger partial charge in [-0.25, -0.2) is 0 Å². The van der Waals surface area contributed by atoms with Gasteiger partial charge in [0.05, 0.1) is 0 Å². The van der Waals surface area contributed by atoms with Crippen LogP contribution in [0, 0.1) is 0 Å². The van der Waals surface area contributed by atoms with E-state index < -0.39 is 20.8 Å². The summed E-state index contributed by atoms with van der Waals surface area (Å²) in [5.41, 5.74) is 0. The molecule has 0 bridgehead atoms. The van der Waals surface area contributed by atoms with Gasteiger partial charge in [0.25, 0.3) is 0 Å². The summed E-state index contributed by atoms with van der Waals surface area (Å²) in [5, 5.41) is 0. The van der Waals surface area contributed by atoms with Crippen molar-refractivity contribution < 1.29 is 40.8 Å². The zero-order valence-corrected chi connectivity index (χ0v) is 13.9. The standard InChI is InChI=1S/Ba.Ca.2H2O4S.4H/c;;2*1-5(2,3)4;;;;/h;;2*(H2,1,2,3,4);;;;/q2*+2;;;4*-1. The second-order valence-electron chi connectivity index (χ2n) is 0.896. The van der Waals surface area contributed by atoms with Crippen LogP contribution in [0.4, 0.5) is 0 Å². The van der Waals surface area contributed by atoms with Gasteiger partial charge in [0.15, 0.2) is 0 Å². The second kappa shape index (κ2) is 10.1. The minimum atomic E-state index is -4.67. The monoisotopic (exact) mass is 378 g/mol. The summed E-state index contributed by atoms with van der Waals surface area (Å²) >= 11 is 0. The summed E-state index contributed by atoms with van der Waals surface area (Å²) in [6, 6.07) is 0. The van der Waals surface area contributed by atoms with E-state index in [1.54, 1.807) is 0 Å². The molecular formula is H8BaCaO8S2. The SMILES string of the molecule is O=S(=O)(O)O.O=S(=O)(O)O.[Ba+2].[Ca+2].[H-].[H-].[H-].[H-]. The Morgan fingerprint density at radius 3 is 0.750 bits per heavy atom. The van der Waals surface area contributed by atoms with Crippen molar-refractivity contribution in [3.63, 3.8) is 0 Å². The Morgan fingerprint density at radius 1 is 0.750 bits per heavy atom. The molecule has 0 heterocycles. The number of hydrogen-bond donors (Lipinski definition) is 4. The van der Waals surface area contributed by atoms with Gasteiger partial charge >= 0.3 is 107 Å². The Kier molecular flexibility index (Phi) is 20.2. The molecule has 0 aliphatic rings. The molecule has 0 aromatic carbocycles. The maximum atomic E-state index is 8.74. The first kappa shape index (κ1) is 24.0. The minimum Gasteiger partial charge on any atom is -1.00 e. The van der Waals surface area contributed by atoms with Crippen LogP contribution in [0.3, 0.4) is 0 Å². The van der Waals surface area contributed by atoms with E-state index >= 15 is 0 Å². The fourth-order valence-corrected chi connectivity index (χ4v) is 0. The van der Waals surface area contributed by atoms with Gasteiger partial charge in [0.1, 0.15) is 0 Å². The van der Waals surface area contributed by atoms with Crippen molar-refractivity contribution in [1.82, 2.24) is 0 Å². The molecule has 0 aliphatic carbocycles. The van der Waals surface area contributed by atoms with Crippen LogP contribution in [0.2, 0.25) is 0 Å². The third-order valence-electron chi connectivity index (χ3n) is 0. The van der Waals surface area contributed by atoms with Crippen LogP contribution in [-0.4, -0.2) is 122 Å². The predicted octanol–water partition coefficient (Wildman–Crippen LogP) is -1.62. The van der Waals surface area contributed by atoms with Gasteiger partial charge in [0, 0.05) is 0 Å². The molecule has 0 spiro atoms. The van der Waals surface area contributed by atoms with Crippen LogP contribution in [0.1, 0.15) is 5.71 Å². The molecule has 12 heavy (non-hydrogen) atoms. The first-order valence-electron chi connectivity index (χ1n) is 1.40. The smallest absolute Gasteiger partial charge is 1.00 e. The average Bonchev–Trinajstić information content (AvgIpc) is 1.12. The molecule has 0 unspecified atom stereocenters. The molecule has 72 valence electrons. The second-order valence-corrected chi connectivity index (χ2v) is 2.69. The van der Waals surface area contributed by atoms with Crippen LogP contribution >= 0.6 is 0 Å². The van der Waals surface area contributed by atoms with Gasteiger partial charge in [-0.2, -0.15) is 16.8 Å². The van der Waals surface area contributed by atoms with Crippen molar-refractivity contribution in [1.29, 1.82) is 0 Å². The summed E-state index contributed by atoms with van der Waals surface area (Å²) in [4.78, 5) is 0. The Morgan fingerprint density at radius 2 is 0.750 bits per heavy atom. The van der Waals surface area contributed by atoms with Crippen molar-refractivity contribution in [2.24, 2.45) is 0 Å². The Bertz CT molecular complexity index is 226. The van der Waals surface area contributed by atoms with Gasteiger partial charge in [-0.3, -0.25) is 18.2 Å². The molecular weight excluding hydrogens is 370 g/mol. The summed E-state index contributed by atoms with van der Waals surface area (Å²) in [6.45, 7) is 0. The molecule has 4 N–H and O–H groups in total. The maximum Gasteiger partial charge on any atom is 2.00 e. The first-order valence-corrected chi connectivity index (χ1v) is 4.19. The van der Waals surface area contributed by atoms with Crippen LogP contribution in [0.25, 0.3) is 0 Å². The quantitative estimate of drug-likeness (QED) is 0.291. The molecule has 0 aromatic heterocycles. The van der Waals surface area contributed by atoms with Crippen molar-refractivity contribution >= 4 is 107 Å². The molecule has 0 atom stereocenters. The zero-order valence-electron chi connectivity index (χ0n) is 9.65. The van der Waals surface area contributed by atoms with Crippen LogP contribution < -0.4 is 0 Å². The summed E-state index contributed by atoms with van der Waals surface area (Å²) in [7, 11) is -9.33. The molecule has 0 saturated heterocycles. The fraction of sp³-hybridized carbons (Fsp3) is 0. The van der Waals surface area contributed by atoms with E-state index in [1.165, 1.54) is 0 Å². The third kappa shape index (κ3) is 255. The van der Waals surface area contributed by atoms with E-state index in [0.717, 1.165) is 0 Å². The topological polar surface area (TPSA) is 149 Å². The van der Waals surface area contributed by atoms with Gasteiger partial charge in [-0.1, -0.05) is 0 Å². The summed E-state index contributed by atoms with van der Waals surface area (Å²) < 4.78 is 63.2. The van der Waals surface area contributed by atoms with Crippen molar-refractivity contribution in [3.8, 4) is 0 Å². The van der Waals surface area contributed by atoms with Crippen LogP contribution in [0.5, 0.6) is 0 Å². The van der Waals surface area contributed by atoms with E-state index in [4.69, 9.17) is 35.0 Å². The zero-order chi connectivity index (χ0) is 9.00. The third-order valence-corrected chi connectivity index (χ3v) is 0. The number of hydrogen-bond acceptors (Lipinski definition) is 4. The minimum absolute atomic E-state index is 0. The van der Waals surface area contributed by atoms with Gasteiger partial charge in [-0.15, -0.1) is 0 Å². The molecule has 0 aromatic rings. The van der Waals surface area contributed by atoms with Crippen molar-refractivity contribution in [3.05, 3.63) is 0 Å². The van der Waals surface area contributed by atoms with Crippen molar-refractivity contribution in [2.75, 3.05) is 0 Å². The Hall–Kier alpha value is 2.57. The van der Waals surface area contributed by atoms with E-state index in [2.05, 4.69) is 0 Å². The fourth-order valence-electron chi connectivity index (χ4n) is 0. The largest absolute Gasteiger partial charge is 2.00 e. The van der Waals surface area contributed by atoms with E-state index in [0.29, 0.717) is 0 Å². The summed E-state index contributed by atoms with van der Waals surface area (Å²) in [6.07, 6.45) is 0. The molecule has 8 nitrogen and oxygen atoms in total. The molecule has 0 saturated carbocycles. The normalized spacial score (nSPS) is 9.67. The molecule has 0 amide bonds. The molecule has 12 heteroatoms. The average molecular weight is 378 g/mol. The molecule has 0 fully saturated rings. The maximum absolute atomic E-state index is 8.74. The number of rotatable bonds is 0. The molecule has 0 aliphatic heterocycles. The van der Waals surface area contributed by atoms with Crippen LogP contribution in [-0.2, 0) is 20.8 Å². The predicted molar refractivity (Wildman–Crippen MR) is 44.3 cm³/mol. The van der Waals surface area contributed by atoms with Gasteiger partial charge in [0.2, 0.25) is 0 Å². The van der Waals surface area contributed by atoms with E-state index in [1.807, 2.05) is 0 Å².